The van der Waals surface area contributed by atoms with E-state index in [9.17, 15) is 9.59 Å². The lowest BCUT2D eigenvalue weighted by atomic mass is 10.2. The van der Waals surface area contributed by atoms with Crippen LogP contribution in [-0.4, -0.2) is 55.7 Å². The topological polar surface area (TPSA) is 94.1 Å². The largest absolute Gasteiger partial charge is 0.480 e. The van der Waals surface area contributed by atoms with Crippen LogP contribution in [0.5, 0.6) is 0 Å². The predicted molar refractivity (Wildman–Crippen MR) is 82.0 cm³/mol. The van der Waals surface area contributed by atoms with Crippen LogP contribution in [0.3, 0.4) is 0 Å². The fourth-order valence-electron chi connectivity index (χ4n) is 1.56. The van der Waals surface area contributed by atoms with Gasteiger partial charge in [-0.05, 0) is 33.6 Å². The van der Waals surface area contributed by atoms with Gasteiger partial charge in [-0.1, -0.05) is 12.8 Å². The second kappa shape index (κ2) is 12.2. The van der Waals surface area contributed by atoms with Gasteiger partial charge in [0.15, 0.2) is 0 Å². The summed E-state index contributed by atoms with van der Waals surface area (Å²) in [6.45, 7) is 7.23. The lowest BCUT2D eigenvalue weighted by Crippen LogP contribution is -2.34. The molecule has 0 heterocycles. The Morgan fingerprint density at radius 2 is 1.55 bits per heavy atom. The van der Waals surface area contributed by atoms with Crippen molar-refractivity contribution in [2.24, 2.45) is 0 Å². The highest BCUT2D eigenvalue weighted by atomic mass is 16.6. The molecule has 0 unspecified atom stereocenters. The summed E-state index contributed by atoms with van der Waals surface area (Å²) in [5.41, 5.74) is -0.487. The molecular formula is C15H29NO6. The summed E-state index contributed by atoms with van der Waals surface area (Å²) in [5.74, 6) is -0.937. The van der Waals surface area contributed by atoms with E-state index in [0.717, 1.165) is 25.7 Å². The molecule has 7 heteroatoms. The summed E-state index contributed by atoms with van der Waals surface area (Å²) >= 11 is 0. The maximum absolute atomic E-state index is 11.3. The molecule has 0 aromatic heterocycles. The minimum atomic E-state index is -0.937. The zero-order chi connectivity index (χ0) is 16.8. The highest BCUT2D eigenvalue weighted by Gasteiger charge is 2.15. The van der Waals surface area contributed by atoms with Gasteiger partial charge >= 0.3 is 12.1 Å². The molecule has 0 aliphatic rings. The first-order valence-corrected chi connectivity index (χ1v) is 7.65. The molecule has 0 fully saturated rings. The van der Waals surface area contributed by atoms with E-state index in [-0.39, 0.29) is 6.61 Å². The number of rotatable bonds is 12. The molecule has 0 saturated carbocycles. The Bertz CT molecular complexity index is 314. The highest BCUT2D eigenvalue weighted by Crippen LogP contribution is 2.06. The molecule has 0 spiro atoms. The van der Waals surface area contributed by atoms with Crippen molar-refractivity contribution in [3.63, 3.8) is 0 Å². The van der Waals surface area contributed by atoms with Gasteiger partial charge in [-0.3, -0.25) is 0 Å². The molecule has 2 N–H and O–H groups in total. The molecule has 0 aromatic carbocycles. The number of alkyl carbamates (subject to hydrolysis) is 1. The van der Waals surface area contributed by atoms with E-state index in [0.29, 0.717) is 26.4 Å². The molecule has 0 rings (SSSR count). The normalized spacial score (nSPS) is 11.2. The Balaban J connectivity index is 3.21. The summed E-state index contributed by atoms with van der Waals surface area (Å²) in [6, 6.07) is 0. The van der Waals surface area contributed by atoms with Crippen molar-refractivity contribution in [2.45, 2.75) is 52.1 Å². The predicted octanol–water partition coefficient (Wildman–Crippen LogP) is 2.19. The van der Waals surface area contributed by atoms with Crippen LogP contribution in [0.2, 0.25) is 0 Å². The molecule has 0 aromatic rings. The van der Waals surface area contributed by atoms with Gasteiger partial charge in [-0.25, -0.2) is 9.59 Å². The zero-order valence-electron chi connectivity index (χ0n) is 13.9. The fourth-order valence-corrected chi connectivity index (χ4v) is 1.56. The number of unbranched alkanes of at least 4 members (excludes halogenated alkanes) is 3. The lowest BCUT2D eigenvalue weighted by molar-refractivity contribution is -0.142. The molecule has 0 radical (unpaired) electrons. The average Bonchev–Trinajstić information content (AvgIpc) is 2.37. The van der Waals surface area contributed by atoms with E-state index in [4.69, 9.17) is 19.3 Å². The zero-order valence-corrected chi connectivity index (χ0v) is 13.9. The van der Waals surface area contributed by atoms with E-state index < -0.39 is 17.7 Å². The second-order valence-electron chi connectivity index (χ2n) is 5.90. The maximum Gasteiger partial charge on any atom is 0.407 e. The summed E-state index contributed by atoms with van der Waals surface area (Å²) in [5, 5.41) is 11.0. The van der Waals surface area contributed by atoms with Gasteiger partial charge in [-0.2, -0.15) is 0 Å². The summed E-state index contributed by atoms with van der Waals surface area (Å²) in [6.07, 6.45) is 3.35. The number of hydrogen-bond donors (Lipinski definition) is 2. The monoisotopic (exact) mass is 319 g/mol. The van der Waals surface area contributed by atoms with Crippen molar-refractivity contribution in [2.75, 3.05) is 33.0 Å². The second-order valence-corrected chi connectivity index (χ2v) is 5.90. The number of hydrogen-bond acceptors (Lipinski definition) is 5. The Hall–Kier alpha value is -1.34. The standard InChI is InChI=1S/C15H29NO6/c1-15(2,3)22-14(19)16-8-11-20-9-6-4-5-7-10-21-12-13(17)18/h4-12H2,1-3H3,(H,16,19)(H,17,18). The van der Waals surface area contributed by atoms with E-state index in [2.05, 4.69) is 5.32 Å². The number of carbonyl (C=O) groups excluding carboxylic acids is 1. The van der Waals surface area contributed by atoms with Crippen LogP contribution in [0, 0.1) is 0 Å². The van der Waals surface area contributed by atoms with Crippen LogP contribution in [0.25, 0.3) is 0 Å². The van der Waals surface area contributed by atoms with E-state index in [1.54, 1.807) is 0 Å². The van der Waals surface area contributed by atoms with E-state index in [1.807, 2.05) is 20.8 Å². The minimum absolute atomic E-state index is 0.228. The fraction of sp³-hybridized carbons (Fsp3) is 0.867. The Kier molecular flexibility index (Phi) is 11.5. The maximum atomic E-state index is 11.3. The third-order valence-electron chi connectivity index (χ3n) is 2.47. The third-order valence-corrected chi connectivity index (χ3v) is 2.47. The molecule has 0 aliphatic heterocycles. The quantitative estimate of drug-likeness (QED) is 0.536. The van der Waals surface area contributed by atoms with Crippen LogP contribution in [0.15, 0.2) is 0 Å². The number of amides is 1. The number of nitrogens with one attached hydrogen (secondary N) is 1. The first kappa shape index (κ1) is 20.7. The number of ether oxygens (including phenoxy) is 3. The Morgan fingerprint density at radius 3 is 2.09 bits per heavy atom. The van der Waals surface area contributed by atoms with Crippen molar-refractivity contribution in [3.8, 4) is 0 Å². The van der Waals surface area contributed by atoms with Gasteiger partial charge in [0.25, 0.3) is 0 Å². The number of carboxylic acids is 1. The molecule has 7 nitrogen and oxygen atoms in total. The van der Waals surface area contributed by atoms with Crippen LogP contribution < -0.4 is 5.32 Å². The van der Waals surface area contributed by atoms with Crippen molar-refractivity contribution < 1.29 is 28.9 Å². The molecule has 0 aliphatic carbocycles. The first-order valence-electron chi connectivity index (χ1n) is 7.65. The number of aliphatic carboxylic acids is 1. The van der Waals surface area contributed by atoms with Gasteiger partial charge in [-0.15, -0.1) is 0 Å². The smallest absolute Gasteiger partial charge is 0.407 e. The Morgan fingerprint density at radius 1 is 0.955 bits per heavy atom. The first-order chi connectivity index (χ1) is 10.3. The molecule has 0 bridgehead atoms. The minimum Gasteiger partial charge on any atom is -0.480 e. The average molecular weight is 319 g/mol. The van der Waals surface area contributed by atoms with Gasteiger partial charge in [0.1, 0.15) is 12.2 Å². The lowest BCUT2D eigenvalue weighted by Gasteiger charge is -2.19. The summed E-state index contributed by atoms with van der Waals surface area (Å²) in [7, 11) is 0. The summed E-state index contributed by atoms with van der Waals surface area (Å²) < 4.78 is 15.4. The molecular weight excluding hydrogens is 290 g/mol. The van der Waals surface area contributed by atoms with Crippen molar-refractivity contribution in [1.29, 1.82) is 0 Å². The Labute approximate surface area is 132 Å². The molecule has 0 saturated heterocycles. The van der Waals surface area contributed by atoms with Gasteiger partial charge in [0.05, 0.1) is 6.61 Å². The molecule has 22 heavy (non-hydrogen) atoms. The van der Waals surface area contributed by atoms with Crippen LogP contribution >= 0.6 is 0 Å². The van der Waals surface area contributed by atoms with Crippen molar-refractivity contribution in [1.82, 2.24) is 5.32 Å². The summed E-state index contributed by atoms with van der Waals surface area (Å²) in [4.78, 5) is 21.5. The van der Waals surface area contributed by atoms with Crippen LogP contribution in [0.1, 0.15) is 46.5 Å². The molecule has 130 valence electrons. The number of carboxylic acid groups (broad SMARTS) is 1. The van der Waals surface area contributed by atoms with E-state index in [1.165, 1.54) is 0 Å². The highest BCUT2D eigenvalue weighted by molar-refractivity contribution is 5.68. The van der Waals surface area contributed by atoms with Gasteiger partial charge < -0.3 is 24.6 Å². The van der Waals surface area contributed by atoms with E-state index >= 15 is 0 Å². The molecule has 0 atom stereocenters. The molecule has 1 amide bonds. The van der Waals surface area contributed by atoms with Gasteiger partial charge in [0.2, 0.25) is 0 Å². The third kappa shape index (κ3) is 16.7. The van der Waals surface area contributed by atoms with Gasteiger partial charge in [0, 0.05) is 19.8 Å². The van der Waals surface area contributed by atoms with Crippen LogP contribution in [0.4, 0.5) is 4.79 Å². The van der Waals surface area contributed by atoms with Crippen LogP contribution in [-0.2, 0) is 19.0 Å². The van der Waals surface area contributed by atoms with Crippen molar-refractivity contribution in [3.05, 3.63) is 0 Å². The number of carbonyl (C=O) groups is 2. The SMILES string of the molecule is CC(C)(C)OC(=O)NCCOCCCCCCOCC(=O)O. The van der Waals surface area contributed by atoms with Crippen molar-refractivity contribution >= 4 is 12.1 Å².